The SMILES string of the molecule is CC(C)NCCc1ccc2c(S(=O)(=O)c3ccccc3)c[nH]c2c1. The number of H-pyrrole nitrogens is 1. The van der Waals surface area contributed by atoms with Gasteiger partial charge in [-0.05, 0) is 36.7 Å². The van der Waals surface area contributed by atoms with E-state index < -0.39 is 9.84 Å². The summed E-state index contributed by atoms with van der Waals surface area (Å²) in [7, 11) is -3.51. The highest BCUT2D eigenvalue weighted by Crippen LogP contribution is 2.28. The maximum atomic E-state index is 12.8. The van der Waals surface area contributed by atoms with Crippen LogP contribution in [0.2, 0.25) is 0 Å². The third kappa shape index (κ3) is 3.37. The first-order valence-corrected chi connectivity index (χ1v) is 9.60. The fourth-order valence-electron chi connectivity index (χ4n) is 2.76. The van der Waals surface area contributed by atoms with Crippen LogP contribution in [-0.4, -0.2) is 26.0 Å². The minimum atomic E-state index is -3.51. The molecule has 0 saturated heterocycles. The molecule has 0 radical (unpaired) electrons. The lowest BCUT2D eigenvalue weighted by Crippen LogP contribution is -2.24. The highest BCUT2D eigenvalue weighted by Gasteiger charge is 2.21. The number of rotatable bonds is 6. The average molecular weight is 342 g/mol. The van der Waals surface area contributed by atoms with Crippen molar-refractivity contribution in [1.82, 2.24) is 10.3 Å². The summed E-state index contributed by atoms with van der Waals surface area (Å²) in [5.41, 5.74) is 2.03. The average Bonchev–Trinajstić information content (AvgIpc) is 2.99. The zero-order valence-corrected chi connectivity index (χ0v) is 14.7. The van der Waals surface area contributed by atoms with Crippen LogP contribution in [0.25, 0.3) is 10.9 Å². The van der Waals surface area contributed by atoms with E-state index in [2.05, 4.69) is 24.1 Å². The molecule has 3 aromatic rings. The van der Waals surface area contributed by atoms with Crippen molar-refractivity contribution < 1.29 is 8.42 Å². The molecule has 0 aliphatic rings. The van der Waals surface area contributed by atoms with Gasteiger partial charge in [0, 0.05) is 23.1 Å². The third-order valence-electron chi connectivity index (χ3n) is 4.02. The van der Waals surface area contributed by atoms with Crippen molar-refractivity contribution in [3.8, 4) is 0 Å². The second kappa shape index (κ2) is 6.79. The lowest BCUT2D eigenvalue weighted by atomic mass is 10.1. The van der Waals surface area contributed by atoms with Gasteiger partial charge in [-0.3, -0.25) is 0 Å². The minimum absolute atomic E-state index is 0.316. The summed E-state index contributed by atoms with van der Waals surface area (Å²) in [6.07, 6.45) is 2.50. The number of nitrogens with one attached hydrogen (secondary N) is 2. The molecule has 1 aromatic heterocycles. The Morgan fingerprint density at radius 2 is 1.83 bits per heavy atom. The summed E-state index contributed by atoms with van der Waals surface area (Å²) < 4.78 is 25.6. The molecule has 5 heteroatoms. The first kappa shape index (κ1) is 16.7. The zero-order valence-electron chi connectivity index (χ0n) is 13.9. The van der Waals surface area contributed by atoms with Crippen LogP contribution in [0.3, 0.4) is 0 Å². The van der Waals surface area contributed by atoms with Gasteiger partial charge < -0.3 is 10.3 Å². The normalized spacial score (nSPS) is 12.1. The van der Waals surface area contributed by atoms with E-state index >= 15 is 0 Å². The van der Waals surface area contributed by atoms with E-state index in [9.17, 15) is 8.42 Å². The Bertz CT molecular complexity index is 928. The van der Waals surface area contributed by atoms with E-state index in [1.165, 1.54) is 5.56 Å². The Kier molecular flexibility index (Phi) is 4.73. The molecule has 0 atom stereocenters. The van der Waals surface area contributed by atoms with Gasteiger partial charge in [0.25, 0.3) is 0 Å². The molecule has 0 unspecified atom stereocenters. The largest absolute Gasteiger partial charge is 0.360 e. The minimum Gasteiger partial charge on any atom is -0.360 e. The second-order valence-corrected chi connectivity index (χ2v) is 8.13. The monoisotopic (exact) mass is 342 g/mol. The van der Waals surface area contributed by atoms with Crippen LogP contribution < -0.4 is 5.32 Å². The van der Waals surface area contributed by atoms with Crippen LogP contribution in [0.1, 0.15) is 19.4 Å². The molecule has 1 heterocycles. The van der Waals surface area contributed by atoms with Crippen molar-refractivity contribution in [3.63, 3.8) is 0 Å². The van der Waals surface area contributed by atoms with Gasteiger partial charge in [-0.25, -0.2) is 8.42 Å². The van der Waals surface area contributed by atoms with Gasteiger partial charge in [0.15, 0.2) is 0 Å². The molecular weight excluding hydrogens is 320 g/mol. The standard InChI is InChI=1S/C19H22N2O2S/c1-14(2)20-11-10-15-8-9-17-18(12-15)21-13-19(17)24(22,23)16-6-4-3-5-7-16/h3-9,12-14,20-21H,10-11H2,1-2H3. The molecule has 0 saturated carbocycles. The highest BCUT2D eigenvalue weighted by atomic mass is 32.2. The number of aromatic nitrogens is 1. The third-order valence-corrected chi connectivity index (χ3v) is 5.83. The molecule has 0 spiro atoms. The van der Waals surface area contributed by atoms with Gasteiger partial charge in [0.1, 0.15) is 0 Å². The number of sulfone groups is 1. The number of aromatic amines is 1. The number of hydrogen-bond donors (Lipinski definition) is 2. The topological polar surface area (TPSA) is 62.0 Å². The van der Waals surface area contributed by atoms with Gasteiger partial charge in [0.05, 0.1) is 9.79 Å². The van der Waals surface area contributed by atoms with Gasteiger partial charge in [-0.15, -0.1) is 0 Å². The summed E-state index contributed by atoms with van der Waals surface area (Å²) in [6, 6.07) is 14.9. The molecule has 126 valence electrons. The molecular formula is C19H22N2O2S. The van der Waals surface area contributed by atoms with Crippen LogP contribution in [0, 0.1) is 0 Å². The smallest absolute Gasteiger partial charge is 0.208 e. The van der Waals surface area contributed by atoms with E-state index in [1.54, 1.807) is 30.5 Å². The maximum Gasteiger partial charge on any atom is 0.208 e. The van der Waals surface area contributed by atoms with E-state index in [-0.39, 0.29) is 0 Å². The molecule has 0 aliphatic carbocycles. The van der Waals surface area contributed by atoms with Gasteiger partial charge >= 0.3 is 0 Å². The Labute approximate surface area is 142 Å². The van der Waals surface area contributed by atoms with E-state index in [0.29, 0.717) is 15.8 Å². The van der Waals surface area contributed by atoms with E-state index in [1.807, 2.05) is 24.3 Å². The molecule has 0 aliphatic heterocycles. The molecule has 0 amide bonds. The predicted octanol–water partition coefficient (Wildman–Crippen LogP) is 3.54. The number of benzene rings is 2. The number of hydrogen-bond acceptors (Lipinski definition) is 3. The van der Waals surface area contributed by atoms with Crippen LogP contribution in [0.4, 0.5) is 0 Å². The molecule has 4 nitrogen and oxygen atoms in total. The fourth-order valence-corrected chi connectivity index (χ4v) is 4.21. The summed E-state index contributed by atoms with van der Waals surface area (Å²) in [4.78, 5) is 3.75. The Morgan fingerprint density at radius 1 is 1.08 bits per heavy atom. The van der Waals surface area contributed by atoms with E-state index in [4.69, 9.17) is 0 Å². The van der Waals surface area contributed by atoms with Crippen molar-refractivity contribution in [2.24, 2.45) is 0 Å². The fraction of sp³-hybridized carbons (Fsp3) is 0.263. The molecule has 24 heavy (non-hydrogen) atoms. The summed E-state index contributed by atoms with van der Waals surface area (Å²) in [5, 5.41) is 4.12. The molecule has 2 aromatic carbocycles. The number of fused-ring (bicyclic) bond motifs is 1. The summed E-state index contributed by atoms with van der Waals surface area (Å²) >= 11 is 0. The van der Waals surface area contributed by atoms with Gasteiger partial charge in [-0.2, -0.15) is 0 Å². The first-order chi connectivity index (χ1) is 11.5. The van der Waals surface area contributed by atoms with Crippen LogP contribution in [0.15, 0.2) is 64.5 Å². The summed E-state index contributed by atoms with van der Waals surface area (Å²) in [6.45, 7) is 5.14. The lowest BCUT2D eigenvalue weighted by Gasteiger charge is -2.08. The summed E-state index contributed by atoms with van der Waals surface area (Å²) in [5.74, 6) is 0. The van der Waals surface area contributed by atoms with Crippen molar-refractivity contribution in [3.05, 3.63) is 60.3 Å². The predicted molar refractivity (Wildman–Crippen MR) is 97.0 cm³/mol. The Hall–Kier alpha value is -2.11. The highest BCUT2D eigenvalue weighted by molar-refractivity contribution is 7.91. The maximum absolute atomic E-state index is 12.8. The molecule has 2 N–H and O–H groups in total. The Balaban J connectivity index is 1.92. The van der Waals surface area contributed by atoms with Crippen LogP contribution in [-0.2, 0) is 16.3 Å². The van der Waals surface area contributed by atoms with Crippen LogP contribution in [0.5, 0.6) is 0 Å². The van der Waals surface area contributed by atoms with Gasteiger partial charge in [0.2, 0.25) is 9.84 Å². The second-order valence-electron chi connectivity index (χ2n) is 6.21. The van der Waals surface area contributed by atoms with Crippen molar-refractivity contribution >= 4 is 20.7 Å². The molecule has 3 rings (SSSR count). The van der Waals surface area contributed by atoms with Crippen molar-refractivity contribution in [2.75, 3.05) is 6.54 Å². The Morgan fingerprint density at radius 3 is 2.54 bits per heavy atom. The quantitative estimate of drug-likeness (QED) is 0.720. The lowest BCUT2D eigenvalue weighted by molar-refractivity contribution is 0.590. The van der Waals surface area contributed by atoms with E-state index in [0.717, 1.165) is 23.9 Å². The van der Waals surface area contributed by atoms with Gasteiger partial charge in [-0.1, -0.05) is 44.2 Å². The first-order valence-electron chi connectivity index (χ1n) is 8.12. The van der Waals surface area contributed by atoms with Crippen molar-refractivity contribution in [1.29, 1.82) is 0 Å². The molecule has 0 fully saturated rings. The molecule has 0 bridgehead atoms. The van der Waals surface area contributed by atoms with Crippen LogP contribution >= 0.6 is 0 Å². The van der Waals surface area contributed by atoms with Crippen molar-refractivity contribution in [2.45, 2.75) is 36.1 Å². The zero-order chi connectivity index (χ0) is 17.2.